The van der Waals surface area contributed by atoms with E-state index in [0.717, 1.165) is 11.1 Å². The molecule has 2 aromatic carbocycles. The first-order valence-electron chi connectivity index (χ1n) is 5.89. The summed E-state index contributed by atoms with van der Waals surface area (Å²) in [6, 6.07) is 12.8. The van der Waals surface area contributed by atoms with Gasteiger partial charge in [-0.15, -0.1) is 0 Å². The van der Waals surface area contributed by atoms with Gasteiger partial charge in [-0.3, -0.25) is 0 Å². The van der Waals surface area contributed by atoms with Crippen molar-refractivity contribution in [2.45, 2.75) is 12.3 Å². The van der Waals surface area contributed by atoms with Crippen molar-refractivity contribution in [2.75, 3.05) is 6.54 Å². The standard InChI is InChI=1S/C15H15F2N/c16-14-5-1-3-11(8-14)7-13(10-18)12-4-2-6-15(17)9-12/h1-6,8-9,13H,7,10,18H2. The Morgan fingerprint density at radius 1 is 0.944 bits per heavy atom. The zero-order valence-corrected chi connectivity index (χ0v) is 9.94. The van der Waals surface area contributed by atoms with E-state index in [-0.39, 0.29) is 17.6 Å². The average Bonchev–Trinajstić information content (AvgIpc) is 2.36. The van der Waals surface area contributed by atoms with Gasteiger partial charge < -0.3 is 5.73 Å². The monoisotopic (exact) mass is 247 g/mol. The van der Waals surface area contributed by atoms with E-state index in [1.54, 1.807) is 12.1 Å². The van der Waals surface area contributed by atoms with E-state index < -0.39 is 0 Å². The summed E-state index contributed by atoms with van der Waals surface area (Å²) in [5.74, 6) is -0.532. The van der Waals surface area contributed by atoms with E-state index in [0.29, 0.717) is 13.0 Å². The normalized spacial score (nSPS) is 12.4. The molecule has 2 N–H and O–H groups in total. The van der Waals surface area contributed by atoms with Gasteiger partial charge in [-0.2, -0.15) is 0 Å². The van der Waals surface area contributed by atoms with Gasteiger partial charge in [0, 0.05) is 5.92 Å². The minimum atomic E-state index is -0.273. The molecule has 0 amide bonds. The minimum absolute atomic E-state index is 0.00231. The summed E-state index contributed by atoms with van der Waals surface area (Å²) in [7, 11) is 0. The Morgan fingerprint density at radius 3 is 2.22 bits per heavy atom. The highest BCUT2D eigenvalue weighted by Crippen LogP contribution is 2.21. The van der Waals surface area contributed by atoms with Crippen LogP contribution in [0.4, 0.5) is 8.78 Å². The van der Waals surface area contributed by atoms with Crippen LogP contribution < -0.4 is 5.73 Å². The Bertz CT molecular complexity index is 525. The fourth-order valence-corrected chi connectivity index (χ4v) is 2.05. The summed E-state index contributed by atoms with van der Waals surface area (Å²) in [4.78, 5) is 0. The third kappa shape index (κ3) is 3.14. The van der Waals surface area contributed by atoms with Gasteiger partial charge in [0.15, 0.2) is 0 Å². The van der Waals surface area contributed by atoms with E-state index in [9.17, 15) is 8.78 Å². The van der Waals surface area contributed by atoms with Crippen LogP contribution in [0, 0.1) is 11.6 Å². The third-order valence-electron chi connectivity index (χ3n) is 2.98. The quantitative estimate of drug-likeness (QED) is 0.881. The number of benzene rings is 2. The number of nitrogens with two attached hydrogens (primary N) is 1. The lowest BCUT2D eigenvalue weighted by Gasteiger charge is -2.15. The largest absolute Gasteiger partial charge is 0.330 e. The van der Waals surface area contributed by atoms with Crippen LogP contribution in [-0.2, 0) is 6.42 Å². The summed E-state index contributed by atoms with van der Waals surface area (Å²) >= 11 is 0. The van der Waals surface area contributed by atoms with E-state index in [4.69, 9.17) is 5.73 Å². The predicted octanol–water partition coefficient (Wildman–Crippen LogP) is 3.25. The molecule has 1 unspecified atom stereocenters. The number of hydrogen-bond acceptors (Lipinski definition) is 1. The SMILES string of the molecule is NCC(Cc1cccc(F)c1)c1cccc(F)c1. The fraction of sp³-hybridized carbons (Fsp3) is 0.200. The van der Waals surface area contributed by atoms with E-state index in [1.165, 1.54) is 24.3 Å². The molecule has 2 aromatic rings. The highest BCUT2D eigenvalue weighted by molar-refractivity contribution is 5.25. The molecule has 0 aliphatic rings. The highest BCUT2D eigenvalue weighted by Gasteiger charge is 2.11. The molecule has 94 valence electrons. The summed E-state index contributed by atoms with van der Waals surface area (Å²) in [6.45, 7) is 0.403. The van der Waals surface area contributed by atoms with Gasteiger partial charge in [0.2, 0.25) is 0 Å². The molecule has 0 saturated carbocycles. The lowest BCUT2D eigenvalue weighted by molar-refractivity contribution is 0.611. The molecular weight excluding hydrogens is 232 g/mol. The Labute approximate surface area is 105 Å². The van der Waals surface area contributed by atoms with Gasteiger partial charge in [-0.05, 0) is 48.4 Å². The van der Waals surface area contributed by atoms with Crippen LogP contribution >= 0.6 is 0 Å². The molecule has 0 aliphatic heterocycles. The molecule has 1 atom stereocenters. The maximum absolute atomic E-state index is 13.2. The number of rotatable bonds is 4. The Morgan fingerprint density at radius 2 is 1.61 bits per heavy atom. The van der Waals surface area contributed by atoms with Crippen molar-refractivity contribution in [1.29, 1.82) is 0 Å². The Hall–Kier alpha value is -1.74. The van der Waals surface area contributed by atoms with Crippen molar-refractivity contribution in [3.05, 3.63) is 71.3 Å². The summed E-state index contributed by atoms with van der Waals surface area (Å²) in [5.41, 5.74) is 7.44. The molecule has 0 bridgehead atoms. The van der Waals surface area contributed by atoms with Gasteiger partial charge in [0.25, 0.3) is 0 Å². The van der Waals surface area contributed by atoms with Gasteiger partial charge in [0.05, 0.1) is 0 Å². The van der Waals surface area contributed by atoms with Crippen molar-refractivity contribution in [3.63, 3.8) is 0 Å². The Kier molecular flexibility index (Phi) is 4.05. The molecule has 18 heavy (non-hydrogen) atoms. The third-order valence-corrected chi connectivity index (χ3v) is 2.98. The molecule has 0 fully saturated rings. The molecule has 0 aliphatic carbocycles. The van der Waals surface area contributed by atoms with Gasteiger partial charge in [0.1, 0.15) is 11.6 Å². The second kappa shape index (κ2) is 5.74. The highest BCUT2D eigenvalue weighted by atomic mass is 19.1. The molecule has 0 aromatic heterocycles. The lowest BCUT2D eigenvalue weighted by Crippen LogP contribution is -2.15. The van der Waals surface area contributed by atoms with Gasteiger partial charge in [-0.1, -0.05) is 24.3 Å². The van der Waals surface area contributed by atoms with Crippen LogP contribution in [0.15, 0.2) is 48.5 Å². The van der Waals surface area contributed by atoms with Crippen molar-refractivity contribution in [1.82, 2.24) is 0 Å². The lowest BCUT2D eigenvalue weighted by atomic mass is 9.92. The van der Waals surface area contributed by atoms with Crippen LogP contribution in [0.25, 0.3) is 0 Å². The van der Waals surface area contributed by atoms with Crippen LogP contribution in [0.5, 0.6) is 0 Å². The van der Waals surface area contributed by atoms with Crippen LogP contribution in [-0.4, -0.2) is 6.54 Å². The van der Waals surface area contributed by atoms with Gasteiger partial charge >= 0.3 is 0 Å². The van der Waals surface area contributed by atoms with Crippen LogP contribution in [0.2, 0.25) is 0 Å². The van der Waals surface area contributed by atoms with Crippen LogP contribution in [0.1, 0.15) is 17.0 Å². The topological polar surface area (TPSA) is 26.0 Å². The minimum Gasteiger partial charge on any atom is -0.330 e. The second-order valence-electron chi connectivity index (χ2n) is 4.32. The summed E-state index contributed by atoms with van der Waals surface area (Å²) in [6.07, 6.45) is 0.609. The van der Waals surface area contributed by atoms with Crippen molar-refractivity contribution in [3.8, 4) is 0 Å². The van der Waals surface area contributed by atoms with Crippen LogP contribution in [0.3, 0.4) is 0 Å². The predicted molar refractivity (Wildman–Crippen MR) is 68.3 cm³/mol. The maximum atomic E-state index is 13.2. The fourth-order valence-electron chi connectivity index (χ4n) is 2.05. The number of hydrogen-bond donors (Lipinski definition) is 1. The first-order valence-corrected chi connectivity index (χ1v) is 5.89. The number of halogens is 2. The molecular formula is C15H15F2N. The zero-order valence-electron chi connectivity index (χ0n) is 9.94. The van der Waals surface area contributed by atoms with E-state index in [1.807, 2.05) is 12.1 Å². The Balaban J connectivity index is 2.19. The summed E-state index contributed by atoms with van der Waals surface area (Å²) in [5, 5.41) is 0. The zero-order chi connectivity index (χ0) is 13.0. The summed E-state index contributed by atoms with van der Waals surface area (Å²) < 4.78 is 26.3. The molecule has 0 heterocycles. The molecule has 2 rings (SSSR count). The molecule has 0 radical (unpaired) electrons. The molecule has 0 saturated heterocycles. The van der Waals surface area contributed by atoms with E-state index >= 15 is 0 Å². The van der Waals surface area contributed by atoms with Crippen molar-refractivity contribution >= 4 is 0 Å². The molecule has 3 heteroatoms. The molecule has 1 nitrogen and oxygen atoms in total. The van der Waals surface area contributed by atoms with E-state index in [2.05, 4.69) is 0 Å². The smallest absolute Gasteiger partial charge is 0.123 e. The first-order chi connectivity index (χ1) is 8.69. The van der Waals surface area contributed by atoms with Gasteiger partial charge in [-0.25, -0.2) is 8.78 Å². The first kappa shape index (κ1) is 12.7. The second-order valence-corrected chi connectivity index (χ2v) is 4.32. The van der Waals surface area contributed by atoms with Crippen molar-refractivity contribution in [2.24, 2.45) is 5.73 Å². The maximum Gasteiger partial charge on any atom is 0.123 e. The molecule has 0 spiro atoms. The average molecular weight is 247 g/mol. The van der Waals surface area contributed by atoms with Crippen molar-refractivity contribution < 1.29 is 8.78 Å².